The molecule has 2 aliphatic carbocycles. The highest BCUT2D eigenvalue weighted by Gasteiger charge is 2.45. The summed E-state index contributed by atoms with van der Waals surface area (Å²) in [6, 6.07) is 2.63. The fourth-order valence-corrected chi connectivity index (χ4v) is 4.45. The smallest absolute Gasteiger partial charge is 0.303 e. The lowest BCUT2D eigenvalue weighted by Crippen LogP contribution is -2.40. The molecule has 2 saturated carbocycles. The first-order valence-electron chi connectivity index (χ1n) is 7.66. The number of H-pyrrole nitrogens is 1. The zero-order valence-electron chi connectivity index (χ0n) is 12.0. The minimum Gasteiger partial charge on any atom is -0.303 e. The third-order valence-corrected chi connectivity index (χ3v) is 5.52. The molecule has 114 valence electrons. The zero-order chi connectivity index (χ0) is 15.3. The number of fused-ring (bicyclic) bond motifs is 3. The third-order valence-electron chi connectivity index (χ3n) is 5.34. The largest absolute Gasteiger partial charge is 0.327 e. The number of halogens is 1. The van der Waals surface area contributed by atoms with E-state index in [4.69, 9.17) is 11.6 Å². The summed E-state index contributed by atoms with van der Waals surface area (Å²) in [6.07, 6.45) is 7.23. The van der Waals surface area contributed by atoms with Crippen molar-refractivity contribution in [2.75, 3.05) is 0 Å². The van der Waals surface area contributed by atoms with Crippen molar-refractivity contribution in [2.45, 2.75) is 44.6 Å². The van der Waals surface area contributed by atoms with Crippen molar-refractivity contribution in [1.82, 2.24) is 19.5 Å². The number of aromatic nitrogens is 4. The van der Waals surface area contributed by atoms with E-state index in [9.17, 15) is 10.1 Å². The Morgan fingerprint density at radius 1 is 1.45 bits per heavy atom. The molecule has 0 saturated heterocycles. The van der Waals surface area contributed by atoms with Crippen LogP contribution in [0.4, 0.5) is 0 Å². The Labute approximate surface area is 132 Å². The van der Waals surface area contributed by atoms with E-state index in [2.05, 4.69) is 21.0 Å². The molecule has 0 aliphatic heterocycles. The molecule has 2 heterocycles. The number of imidazole rings is 1. The summed E-state index contributed by atoms with van der Waals surface area (Å²) in [5.41, 5.74) is 0.848. The summed E-state index contributed by atoms with van der Waals surface area (Å²) in [4.78, 5) is 23.4. The molecule has 2 bridgehead atoms. The van der Waals surface area contributed by atoms with Gasteiger partial charge < -0.3 is 4.98 Å². The molecular weight excluding hydrogens is 302 g/mol. The van der Waals surface area contributed by atoms with Gasteiger partial charge in [0.25, 0.3) is 0 Å². The third kappa shape index (κ3) is 1.96. The molecule has 0 aromatic carbocycles. The minimum absolute atomic E-state index is 0.0917. The monoisotopic (exact) mass is 317 g/mol. The summed E-state index contributed by atoms with van der Waals surface area (Å²) in [7, 11) is 0. The molecule has 7 heteroatoms. The van der Waals surface area contributed by atoms with E-state index in [0.717, 1.165) is 38.5 Å². The van der Waals surface area contributed by atoms with Crippen molar-refractivity contribution in [3.8, 4) is 6.07 Å². The van der Waals surface area contributed by atoms with Gasteiger partial charge in [0.15, 0.2) is 5.65 Å². The van der Waals surface area contributed by atoms with E-state index < -0.39 is 0 Å². The second-order valence-electron chi connectivity index (χ2n) is 6.53. The lowest BCUT2D eigenvalue weighted by Gasteiger charge is -2.45. The summed E-state index contributed by atoms with van der Waals surface area (Å²) < 4.78 is 1.74. The number of nitrogens with one attached hydrogen (secondary N) is 1. The Morgan fingerprint density at radius 3 is 3.14 bits per heavy atom. The summed E-state index contributed by atoms with van der Waals surface area (Å²) in [6.45, 7) is 0. The van der Waals surface area contributed by atoms with Gasteiger partial charge in [-0.3, -0.25) is 4.57 Å². The maximum absolute atomic E-state index is 12.4. The van der Waals surface area contributed by atoms with Gasteiger partial charge in [-0.2, -0.15) is 10.2 Å². The van der Waals surface area contributed by atoms with Crippen LogP contribution in [0.5, 0.6) is 0 Å². The van der Waals surface area contributed by atoms with Crippen LogP contribution >= 0.6 is 11.6 Å². The van der Waals surface area contributed by atoms with Crippen molar-refractivity contribution in [3.63, 3.8) is 0 Å². The summed E-state index contributed by atoms with van der Waals surface area (Å²) in [5, 5.41) is 9.65. The Hall–Kier alpha value is -1.87. The molecule has 2 fully saturated rings. The Bertz CT molecular complexity index is 835. The van der Waals surface area contributed by atoms with Gasteiger partial charge in [-0.15, -0.1) is 0 Å². The van der Waals surface area contributed by atoms with Crippen molar-refractivity contribution >= 4 is 22.8 Å². The van der Waals surface area contributed by atoms with E-state index in [1.165, 1.54) is 0 Å². The van der Waals surface area contributed by atoms with Crippen LogP contribution in [0.3, 0.4) is 0 Å². The topological polar surface area (TPSA) is 87.4 Å². The Balaban J connectivity index is 1.80. The van der Waals surface area contributed by atoms with E-state index >= 15 is 0 Å². The van der Waals surface area contributed by atoms with Crippen LogP contribution in [0.1, 0.15) is 44.6 Å². The normalized spacial score (nSPS) is 31.1. The molecule has 22 heavy (non-hydrogen) atoms. The first kappa shape index (κ1) is 13.8. The predicted octanol–water partition coefficient (Wildman–Crippen LogP) is 2.81. The average Bonchev–Trinajstić information content (AvgIpc) is 2.83. The maximum Gasteiger partial charge on any atom is 0.327 e. The van der Waals surface area contributed by atoms with Crippen LogP contribution in [0.25, 0.3) is 11.2 Å². The molecule has 0 amide bonds. The SMILES string of the molecule is N#CC12CCCC(C1)C(n1c(=O)[nH]c3cnc(Cl)nc31)CC2. The lowest BCUT2D eigenvalue weighted by atomic mass is 9.61. The van der Waals surface area contributed by atoms with E-state index in [1.54, 1.807) is 10.8 Å². The molecule has 2 aliphatic rings. The maximum atomic E-state index is 12.4. The predicted molar refractivity (Wildman–Crippen MR) is 81.4 cm³/mol. The Kier molecular flexibility index (Phi) is 3.01. The molecular formula is C15H16ClN5O. The lowest BCUT2D eigenvalue weighted by molar-refractivity contribution is 0.0809. The van der Waals surface area contributed by atoms with Gasteiger partial charge in [0.1, 0.15) is 5.52 Å². The molecule has 1 N–H and O–H groups in total. The quantitative estimate of drug-likeness (QED) is 0.819. The second-order valence-corrected chi connectivity index (χ2v) is 6.87. The first-order chi connectivity index (χ1) is 10.6. The first-order valence-corrected chi connectivity index (χ1v) is 8.04. The van der Waals surface area contributed by atoms with E-state index in [-0.39, 0.29) is 22.4 Å². The Morgan fingerprint density at radius 2 is 2.32 bits per heavy atom. The highest BCUT2D eigenvalue weighted by molar-refractivity contribution is 6.28. The molecule has 3 unspecified atom stereocenters. The van der Waals surface area contributed by atoms with Gasteiger partial charge in [-0.05, 0) is 49.6 Å². The number of hydrogen-bond acceptors (Lipinski definition) is 4. The van der Waals surface area contributed by atoms with Crippen LogP contribution in [0.15, 0.2) is 11.0 Å². The summed E-state index contributed by atoms with van der Waals surface area (Å²) in [5.74, 6) is 0.354. The van der Waals surface area contributed by atoms with Crippen molar-refractivity contribution in [1.29, 1.82) is 5.26 Å². The number of nitriles is 1. The highest BCUT2D eigenvalue weighted by atomic mass is 35.5. The molecule has 2 aromatic rings. The van der Waals surface area contributed by atoms with Gasteiger partial charge in [-0.1, -0.05) is 6.42 Å². The summed E-state index contributed by atoms with van der Waals surface area (Å²) >= 11 is 5.89. The van der Waals surface area contributed by atoms with E-state index in [1.807, 2.05) is 0 Å². The number of aromatic amines is 1. The van der Waals surface area contributed by atoms with Crippen LogP contribution in [0.2, 0.25) is 5.28 Å². The molecule has 2 aromatic heterocycles. The zero-order valence-corrected chi connectivity index (χ0v) is 12.8. The number of hydrogen-bond donors (Lipinski definition) is 1. The van der Waals surface area contributed by atoms with Crippen molar-refractivity contribution < 1.29 is 0 Å². The van der Waals surface area contributed by atoms with Gasteiger partial charge >= 0.3 is 5.69 Å². The number of nitrogens with zero attached hydrogens (tertiary/aromatic N) is 4. The van der Waals surface area contributed by atoms with Gasteiger partial charge in [0.2, 0.25) is 5.28 Å². The van der Waals surface area contributed by atoms with Crippen LogP contribution in [-0.4, -0.2) is 19.5 Å². The van der Waals surface area contributed by atoms with Crippen molar-refractivity contribution in [3.05, 3.63) is 22.0 Å². The molecule has 6 nitrogen and oxygen atoms in total. The molecule has 3 atom stereocenters. The van der Waals surface area contributed by atoms with Crippen molar-refractivity contribution in [2.24, 2.45) is 11.3 Å². The molecule has 0 spiro atoms. The average molecular weight is 318 g/mol. The second kappa shape index (κ2) is 4.82. The fourth-order valence-electron chi connectivity index (χ4n) is 4.32. The standard InChI is InChI=1S/C15H16ClN5O/c16-13-18-7-10-12(20-13)21(14(22)19-10)11-3-5-15(8-17)4-1-2-9(11)6-15/h7,9,11H,1-6H2,(H,19,22). The van der Waals surface area contributed by atoms with E-state index in [0.29, 0.717) is 17.1 Å². The van der Waals surface area contributed by atoms with Crippen LogP contribution in [-0.2, 0) is 0 Å². The van der Waals surface area contributed by atoms with Gasteiger partial charge in [0, 0.05) is 6.04 Å². The van der Waals surface area contributed by atoms with Gasteiger partial charge in [-0.25, -0.2) is 9.78 Å². The number of rotatable bonds is 1. The van der Waals surface area contributed by atoms with Gasteiger partial charge in [0.05, 0.1) is 17.7 Å². The highest BCUT2D eigenvalue weighted by Crippen LogP contribution is 2.52. The fraction of sp³-hybridized carbons (Fsp3) is 0.600. The van der Waals surface area contributed by atoms with Crippen LogP contribution < -0.4 is 5.69 Å². The molecule has 0 radical (unpaired) electrons. The molecule has 4 rings (SSSR count). The van der Waals surface area contributed by atoms with Crippen LogP contribution in [0, 0.1) is 22.7 Å². The minimum atomic E-state index is -0.179.